The molecule has 0 spiro atoms. The van der Waals surface area contributed by atoms with Gasteiger partial charge in [-0.25, -0.2) is 4.98 Å². The lowest BCUT2D eigenvalue weighted by molar-refractivity contribution is -0.404. The zero-order valence-corrected chi connectivity index (χ0v) is 19.7. The number of non-ortho nitro benzene ring substituents is 1. The number of ether oxygens (including phenoxy) is 1. The summed E-state index contributed by atoms with van der Waals surface area (Å²) in [6.45, 7) is 2.61. The van der Waals surface area contributed by atoms with Crippen molar-refractivity contribution in [3.05, 3.63) is 95.2 Å². The molecule has 0 aliphatic heterocycles. The van der Waals surface area contributed by atoms with E-state index in [0.29, 0.717) is 34.4 Å². The van der Waals surface area contributed by atoms with E-state index in [4.69, 9.17) is 33.0 Å². The topological polar surface area (TPSA) is 176 Å². The number of hydrogen-bond acceptors (Lipinski definition) is 9. The number of hydrogen-bond donors (Lipinski definition) is 1. The van der Waals surface area contributed by atoms with Gasteiger partial charge in [-0.3, -0.25) is 30.3 Å². The molecule has 1 N–H and O–H groups in total. The first-order valence-electron chi connectivity index (χ1n) is 9.89. The fraction of sp³-hybridized carbons (Fsp3) is 0.0952. The molecule has 2 heterocycles. The number of phenolic OH excluding ortho intramolecular Hbond substituents is 1. The van der Waals surface area contributed by atoms with Crippen molar-refractivity contribution in [1.82, 2.24) is 9.38 Å². The molecule has 2 aromatic carbocycles. The molecule has 0 saturated carbocycles. The summed E-state index contributed by atoms with van der Waals surface area (Å²) in [7, 11) is 0. The lowest BCUT2D eigenvalue weighted by Gasteiger charge is -2.02. The predicted octanol–water partition coefficient (Wildman–Crippen LogP) is 5.82. The number of fused-ring (bicyclic) bond motifs is 1. The zero-order chi connectivity index (χ0) is 26.6. The number of phenols is 1. The number of nitro benzene ring substituents is 3. The number of halogens is 2. The Balaban J connectivity index is 0.000000207. The minimum absolute atomic E-state index is 0.447. The molecule has 4 aromatic rings. The van der Waals surface area contributed by atoms with Crippen LogP contribution < -0.4 is 4.74 Å². The van der Waals surface area contributed by atoms with E-state index >= 15 is 0 Å². The van der Waals surface area contributed by atoms with Gasteiger partial charge in [0.15, 0.2) is 5.65 Å². The number of aromatic nitrogens is 2. The smallest absolute Gasteiger partial charge is 0.324 e. The normalized spacial score (nSPS) is 10.4. The minimum Gasteiger partial charge on any atom is -0.497 e. The second-order valence-electron chi connectivity index (χ2n) is 6.92. The van der Waals surface area contributed by atoms with E-state index in [0.717, 1.165) is 17.0 Å². The van der Waals surface area contributed by atoms with Crippen LogP contribution in [0, 0.1) is 30.3 Å². The van der Waals surface area contributed by atoms with Gasteiger partial charge in [0.2, 0.25) is 0 Å². The average Bonchev–Trinajstić information content (AvgIpc) is 3.24. The maximum atomic E-state index is 10.4. The highest BCUT2D eigenvalue weighted by Crippen LogP contribution is 2.39. The molecule has 15 heteroatoms. The highest BCUT2D eigenvalue weighted by molar-refractivity contribution is 6.36. The molecule has 0 unspecified atom stereocenters. The molecule has 0 fully saturated rings. The van der Waals surface area contributed by atoms with Gasteiger partial charge in [0.1, 0.15) is 5.75 Å². The standard InChI is InChI=1S/C15H12Cl2N2O.C6H3N3O7/c1-2-20-12-5-3-10(4-6-12)14-9-19-8-11(16)7-13(17)15(19)18-14;10-6-4(8(13)14)1-3(7(11)12)2-5(6)9(15)16/h3-9H,2H2,1H3;1-2,10H. The molecular formula is C21H15Cl2N5O8. The summed E-state index contributed by atoms with van der Waals surface area (Å²) in [5.41, 5.74) is -0.459. The summed E-state index contributed by atoms with van der Waals surface area (Å²) >= 11 is 12.1. The monoisotopic (exact) mass is 535 g/mol. The van der Waals surface area contributed by atoms with E-state index < -0.39 is 37.6 Å². The molecular weight excluding hydrogens is 521 g/mol. The summed E-state index contributed by atoms with van der Waals surface area (Å²) in [5.74, 6) is -0.360. The zero-order valence-electron chi connectivity index (χ0n) is 18.2. The summed E-state index contributed by atoms with van der Waals surface area (Å²) in [5, 5.41) is 41.3. The average molecular weight is 536 g/mol. The number of rotatable bonds is 6. The SMILES string of the molecule is CCOc1ccc(-c2cn3cc(Cl)cc(Cl)c3n2)cc1.O=[N+]([O-])c1cc([N+](=O)[O-])c(O)c([N+](=O)[O-])c1. The summed E-state index contributed by atoms with van der Waals surface area (Å²) in [6, 6.07) is 10.4. The third-order valence-electron chi connectivity index (χ3n) is 4.59. The summed E-state index contributed by atoms with van der Waals surface area (Å²) in [6.07, 6.45) is 3.69. The van der Waals surface area contributed by atoms with Crippen LogP contribution in [-0.2, 0) is 0 Å². The Hall–Kier alpha value is -4.49. The number of pyridine rings is 1. The van der Waals surface area contributed by atoms with Gasteiger partial charge < -0.3 is 14.2 Å². The van der Waals surface area contributed by atoms with Crippen molar-refractivity contribution in [3.63, 3.8) is 0 Å². The maximum absolute atomic E-state index is 10.4. The van der Waals surface area contributed by atoms with Gasteiger partial charge in [0, 0.05) is 18.0 Å². The lowest BCUT2D eigenvalue weighted by atomic mass is 10.2. The number of benzene rings is 2. The van der Waals surface area contributed by atoms with E-state index in [1.165, 1.54) is 0 Å². The van der Waals surface area contributed by atoms with Crippen molar-refractivity contribution in [1.29, 1.82) is 0 Å². The van der Waals surface area contributed by atoms with Gasteiger partial charge in [-0.2, -0.15) is 0 Å². The summed E-state index contributed by atoms with van der Waals surface area (Å²) in [4.78, 5) is 32.3. The molecule has 0 aliphatic carbocycles. The molecule has 2 aromatic heterocycles. The second-order valence-corrected chi connectivity index (χ2v) is 7.77. The Morgan fingerprint density at radius 2 is 1.53 bits per heavy atom. The van der Waals surface area contributed by atoms with Gasteiger partial charge in [0.05, 0.1) is 49.2 Å². The second kappa shape index (κ2) is 10.8. The van der Waals surface area contributed by atoms with Crippen LogP contribution in [0.3, 0.4) is 0 Å². The van der Waals surface area contributed by atoms with Crippen LogP contribution in [0.5, 0.6) is 11.5 Å². The highest BCUT2D eigenvalue weighted by atomic mass is 35.5. The van der Waals surface area contributed by atoms with E-state index in [-0.39, 0.29) is 0 Å². The quantitative estimate of drug-likeness (QED) is 0.235. The Bertz CT molecular complexity index is 1440. The fourth-order valence-corrected chi connectivity index (χ4v) is 3.55. The van der Waals surface area contributed by atoms with Crippen LogP contribution in [0.2, 0.25) is 10.0 Å². The van der Waals surface area contributed by atoms with Crippen molar-refractivity contribution in [3.8, 4) is 22.8 Å². The van der Waals surface area contributed by atoms with Crippen molar-refractivity contribution in [2.75, 3.05) is 6.61 Å². The van der Waals surface area contributed by atoms with Crippen LogP contribution >= 0.6 is 23.2 Å². The van der Waals surface area contributed by atoms with Crippen molar-refractivity contribution in [2.24, 2.45) is 0 Å². The molecule has 4 rings (SSSR count). The molecule has 0 aliphatic rings. The van der Waals surface area contributed by atoms with Crippen LogP contribution in [0.25, 0.3) is 16.9 Å². The molecule has 0 amide bonds. The first-order chi connectivity index (χ1) is 17.0. The van der Waals surface area contributed by atoms with Crippen LogP contribution in [0.4, 0.5) is 17.1 Å². The fourth-order valence-electron chi connectivity index (χ4n) is 3.03. The molecule has 0 bridgehead atoms. The largest absolute Gasteiger partial charge is 0.497 e. The third-order valence-corrected chi connectivity index (χ3v) is 5.08. The Morgan fingerprint density at radius 3 is 2.03 bits per heavy atom. The van der Waals surface area contributed by atoms with Crippen molar-refractivity contribution < 1.29 is 24.6 Å². The third kappa shape index (κ3) is 5.76. The predicted molar refractivity (Wildman–Crippen MR) is 130 cm³/mol. The lowest BCUT2D eigenvalue weighted by Crippen LogP contribution is -1.97. The molecule has 13 nitrogen and oxygen atoms in total. The Morgan fingerprint density at radius 1 is 0.944 bits per heavy atom. The molecule has 36 heavy (non-hydrogen) atoms. The first-order valence-corrected chi connectivity index (χ1v) is 10.6. The van der Waals surface area contributed by atoms with Crippen LogP contribution in [0.1, 0.15) is 6.92 Å². The first kappa shape index (κ1) is 26.1. The van der Waals surface area contributed by atoms with Crippen LogP contribution in [-0.4, -0.2) is 35.9 Å². The van der Waals surface area contributed by atoms with Crippen molar-refractivity contribution in [2.45, 2.75) is 6.92 Å². The molecule has 0 atom stereocenters. The Kier molecular flexibility index (Phi) is 7.86. The van der Waals surface area contributed by atoms with E-state index in [1.54, 1.807) is 12.3 Å². The number of nitrogens with zero attached hydrogens (tertiary/aromatic N) is 5. The van der Waals surface area contributed by atoms with E-state index in [1.807, 2.05) is 41.8 Å². The summed E-state index contributed by atoms with van der Waals surface area (Å²) < 4.78 is 7.26. The maximum Gasteiger partial charge on any atom is 0.324 e. The van der Waals surface area contributed by atoms with Crippen LogP contribution in [0.15, 0.2) is 54.9 Å². The van der Waals surface area contributed by atoms with Crippen molar-refractivity contribution >= 4 is 45.9 Å². The highest BCUT2D eigenvalue weighted by Gasteiger charge is 2.30. The van der Waals surface area contributed by atoms with Gasteiger partial charge in [-0.1, -0.05) is 23.2 Å². The van der Waals surface area contributed by atoms with Gasteiger partial charge in [0.25, 0.3) is 11.4 Å². The number of imidazole rings is 1. The molecule has 0 saturated heterocycles. The van der Waals surface area contributed by atoms with Gasteiger partial charge in [-0.15, -0.1) is 0 Å². The minimum atomic E-state index is -1.21. The number of aromatic hydroxyl groups is 1. The van der Waals surface area contributed by atoms with Gasteiger partial charge >= 0.3 is 11.4 Å². The molecule has 186 valence electrons. The van der Waals surface area contributed by atoms with E-state index in [9.17, 15) is 30.3 Å². The van der Waals surface area contributed by atoms with Gasteiger partial charge in [-0.05, 0) is 37.3 Å². The Labute approximate surface area is 211 Å². The molecule has 0 radical (unpaired) electrons. The number of nitro groups is 3. The van der Waals surface area contributed by atoms with E-state index in [2.05, 4.69) is 4.98 Å².